The van der Waals surface area contributed by atoms with Crippen molar-refractivity contribution >= 4 is 15.9 Å². The fraction of sp³-hybridized carbons (Fsp3) is 0.455. The van der Waals surface area contributed by atoms with Gasteiger partial charge in [0.1, 0.15) is 0 Å². The van der Waals surface area contributed by atoms with Crippen LogP contribution in [0.4, 0.5) is 0 Å². The summed E-state index contributed by atoms with van der Waals surface area (Å²) in [6.45, 7) is 1.93. The number of aromatic nitrogens is 1. The van der Waals surface area contributed by atoms with E-state index in [9.17, 15) is 13.2 Å². The van der Waals surface area contributed by atoms with Crippen LogP contribution >= 0.6 is 0 Å². The molecule has 9 heteroatoms. The Morgan fingerprint density at radius 1 is 1.10 bits per heavy atom. The summed E-state index contributed by atoms with van der Waals surface area (Å²) < 4.78 is 38.7. The van der Waals surface area contributed by atoms with E-state index in [0.29, 0.717) is 37.2 Å². The average Bonchev–Trinajstić information content (AvgIpc) is 2.79. The molecule has 1 aliphatic carbocycles. The van der Waals surface area contributed by atoms with Crippen molar-refractivity contribution in [1.82, 2.24) is 15.0 Å². The molecule has 1 saturated carbocycles. The summed E-state index contributed by atoms with van der Waals surface area (Å²) in [4.78, 5) is 16.8. The first kappa shape index (κ1) is 23.0. The van der Waals surface area contributed by atoms with Crippen molar-refractivity contribution in [3.63, 3.8) is 0 Å². The maximum atomic E-state index is 12.8. The summed E-state index contributed by atoms with van der Waals surface area (Å²) in [7, 11) is -0.745. The molecule has 0 radical (unpaired) electrons. The largest absolute Gasteiger partial charge is 0.493 e. The zero-order chi connectivity index (χ0) is 22.4. The topological polar surface area (TPSA) is 107 Å². The Hall–Kier alpha value is -2.65. The Kier molecular flexibility index (Phi) is 7.50. The molecule has 1 atom stereocenters. The first-order chi connectivity index (χ1) is 14.8. The molecule has 0 spiro atoms. The highest BCUT2D eigenvalue weighted by molar-refractivity contribution is 7.89. The second kappa shape index (κ2) is 10.1. The summed E-state index contributed by atoms with van der Waals surface area (Å²) in [5.41, 5.74) is 0.951. The zero-order valence-electron chi connectivity index (χ0n) is 18.0. The van der Waals surface area contributed by atoms with Crippen LogP contribution in [0, 0.1) is 5.92 Å². The monoisotopic (exact) mass is 447 g/mol. The van der Waals surface area contributed by atoms with Gasteiger partial charge >= 0.3 is 0 Å². The van der Waals surface area contributed by atoms with Crippen LogP contribution in [0.2, 0.25) is 0 Å². The second-order valence-corrected chi connectivity index (χ2v) is 9.42. The predicted octanol–water partition coefficient (Wildman–Crippen LogP) is 2.81. The van der Waals surface area contributed by atoms with E-state index < -0.39 is 10.0 Å². The minimum absolute atomic E-state index is 0.00227. The quantitative estimate of drug-likeness (QED) is 0.645. The van der Waals surface area contributed by atoms with E-state index in [1.165, 1.54) is 26.4 Å². The van der Waals surface area contributed by atoms with Crippen LogP contribution in [0.1, 0.15) is 44.2 Å². The number of pyridine rings is 1. The van der Waals surface area contributed by atoms with Gasteiger partial charge in [-0.3, -0.25) is 9.78 Å². The number of rotatable bonds is 8. The highest BCUT2D eigenvalue weighted by atomic mass is 32.2. The highest BCUT2D eigenvalue weighted by Gasteiger charge is 2.30. The normalized spacial score (nSPS) is 20.0. The van der Waals surface area contributed by atoms with Gasteiger partial charge in [0.2, 0.25) is 15.9 Å². The van der Waals surface area contributed by atoms with Crippen molar-refractivity contribution in [3.8, 4) is 11.5 Å². The molecule has 1 fully saturated rings. The van der Waals surface area contributed by atoms with Crippen molar-refractivity contribution in [2.75, 3.05) is 14.2 Å². The van der Waals surface area contributed by atoms with E-state index in [4.69, 9.17) is 9.47 Å². The number of hydrogen-bond donors (Lipinski definition) is 2. The molecule has 1 aromatic carbocycles. The van der Waals surface area contributed by atoms with Crippen molar-refractivity contribution in [2.24, 2.45) is 5.92 Å². The summed E-state index contributed by atoms with van der Waals surface area (Å²) in [6, 6.07) is 7.94. The van der Waals surface area contributed by atoms with Crippen molar-refractivity contribution in [2.45, 2.75) is 49.6 Å². The Morgan fingerprint density at radius 3 is 2.42 bits per heavy atom. The highest BCUT2D eigenvalue weighted by Crippen LogP contribution is 2.31. The van der Waals surface area contributed by atoms with Gasteiger partial charge in [-0.1, -0.05) is 6.07 Å². The second-order valence-electron chi connectivity index (χ2n) is 7.70. The van der Waals surface area contributed by atoms with E-state index >= 15 is 0 Å². The van der Waals surface area contributed by atoms with Crippen LogP contribution in [0.25, 0.3) is 0 Å². The van der Waals surface area contributed by atoms with Crippen LogP contribution in [0.5, 0.6) is 11.5 Å². The number of nitrogens with zero attached hydrogens (tertiary/aromatic N) is 1. The molecule has 1 heterocycles. The summed E-state index contributed by atoms with van der Waals surface area (Å²) in [6.07, 6.45) is 5.90. The number of ether oxygens (including phenoxy) is 2. The number of methoxy groups -OCH3 is 2. The number of carbonyl (C=O) groups is 1. The lowest BCUT2D eigenvalue weighted by molar-refractivity contribution is -0.126. The molecular weight excluding hydrogens is 418 g/mol. The Labute approximate surface area is 183 Å². The van der Waals surface area contributed by atoms with Crippen LogP contribution in [0.15, 0.2) is 47.6 Å². The number of benzene rings is 1. The standard InChI is InChI=1S/C22H29N3O5S/c1-15(17-5-4-12-23-14-17)24-22(26)16-6-8-18(9-7-16)25-31(27,28)19-10-11-20(29-2)21(13-19)30-3/h4-5,10-16,18,25H,6-9H2,1-3H3,(H,24,26)/t15-,16?,18?/m1/s1. The predicted molar refractivity (Wildman–Crippen MR) is 116 cm³/mol. The van der Waals surface area contributed by atoms with Gasteiger partial charge in [-0.05, 0) is 56.4 Å². The fourth-order valence-corrected chi connectivity index (χ4v) is 5.11. The SMILES string of the molecule is COc1ccc(S(=O)(=O)NC2CCC(C(=O)N[C@H](C)c3cccnc3)CC2)cc1OC. The fourth-order valence-electron chi connectivity index (χ4n) is 3.79. The van der Waals surface area contributed by atoms with E-state index in [-0.39, 0.29) is 28.8 Å². The first-order valence-electron chi connectivity index (χ1n) is 10.3. The smallest absolute Gasteiger partial charge is 0.240 e. The van der Waals surface area contributed by atoms with Gasteiger partial charge in [-0.15, -0.1) is 0 Å². The molecule has 1 aliphatic rings. The van der Waals surface area contributed by atoms with Gasteiger partial charge in [-0.2, -0.15) is 0 Å². The van der Waals surface area contributed by atoms with Gasteiger partial charge in [0.25, 0.3) is 0 Å². The van der Waals surface area contributed by atoms with Crippen LogP contribution in [-0.4, -0.2) is 39.6 Å². The van der Waals surface area contributed by atoms with E-state index in [2.05, 4.69) is 15.0 Å². The minimum Gasteiger partial charge on any atom is -0.493 e. The molecule has 2 N–H and O–H groups in total. The minimum atomic E-state index is -3.70. The Bertz CT molecular complexity index is 989. The van der Waals surface area contributed by atoms with Gasteiger partial charge in [0, 0.05) is 30.4 Å². The van der Waals surface area contributed by atoms with Gasteiger partial charge in [0.05, 0.1) is 25.2 Å². The Morgan fingerprint density at radius 2 is 1.81 bits per heavy atom. The lowest BCUT2D eigenvalue weighted by Crippen LogP contribution is -2.41. The molecule has 3 rings (SSSR count). The van der Waals surface area contributed by atoms with Gasteiger partial charge in [-0.25, -0.2) is 13.1 Å². The van der Waals surface area contributed by atoms with E-state index in [1.807, 2.05) is 19.1 Å². The maximum absolute atomic E-state index is 12.8. The molecule has 0 aliphatic heterocycles. The lowest BCUT2D eigenvalue weighted by atomic mass is 9.85. The third-order valence-electron chi connectivity index (χ3n) is 5.63. The maximum Gasteiger partial charge on any atom is 0.240 e. The average molecular weight is 448 g/mol. The molecule has 0 bridgehead atoms. The van der Waals surface area contributed by atoms with Gasteiger partial charge < -0.3 is 14.8 Å². The number of carbonyl (C=O) groups excluding carboxylic acids is 1. The zero-order valence-corrected chi connectivity index (χ0v) is 18.8. The number of sulfonamides is 1. The van der Waals surface area contributed by atoms with Crippen molar-refractivity contribution in [1.29, 1.82) is 0 Å². The first-order valence-corrected chi connectivity index (χ1v) is 11.8. The third-order valence-corrected chi connectivity index (χ3v) is 7.15. The number of nitrogens with one attached hydrogen (secondary N) is 2. The van der Waals surface area contributed by atoms with Gasteiger partial charge in [0.15, 0.2) is 11.5 Å². The number of amides is 1. The summed E-state index contributed by atoms with van der Waals surface area (Å²) >= 11 is 0. The molecular formula is C22H29N3O5S. The van der Waals surface area contributed by atoms with Crippen molar-refractivity contribution < 1.29 is 22.7 Å². The molecule has 1 amide bonds. The molecule has 31 heavy (non-hydrogen) atoms. The summed E-state index contributed by atoms with van der Waals surface area (Å²) in [5, 5.41) is 3.03. The molecule has 8 nitrogen and oxygen atoms in total. The van der Waals surface area contributed by atoms with Crippen molar-refractivity contribution in [3.05, 3.63) is 48.3 Å². The van der Waals surface area contributed by atoms with Crippen LogP contribution < -0.4 is 19.5 Å². The summed E-state index contributed by atoms with van der Waals surface area (Å²) in [5.74, 6) is 0.695. The molecule has 0 unspecified atom stereocenters. The van der Waals surface area contributed by atoms with Crippen LogP contribution in [0.3, 0.4) is 0 Å². The van der Waals surface area contributed by atoms with E-state index in [0.717, 1.165) is 5.56 Å². The Balaban J connectivity index is 1.55. The molecule has 1 aromatic heterocycles. The number of hydrogen-bond acceptors (Lipinski definition) is 6. The lowest BCUT2D eigenvalue weighted by Gasteiger charge is -2.29. The van der Waals surface area contributed by atoms with Crippen LogP contribution in [-0.2, 0) is 14.8 Å². The molecule has 2 aromatic rings. The molecule has 0 saturated heterocycles. The van der Waals surface area contributed by atoms with E-state index in [1.54, 1.807) is 18.5 Å². The third kappa shape index (κ3) is 5.74. The molecule has 168 valence electrons.